The highest BCUT2D eigenvalue weighted by atomic mass is 16.5. The molecule has 4 heteroatoms. The third-order valence-corrected chi connectivity index (χ3v) is 2.55. The van der Waals surface area contributed by atoms with Crippen LogP contribution in [-0.2, 0) is 14.3 Å². The summed E-state index contributed by atoms with van der Waals surface area (Å²) in [6, 6.07) is 0. The second-order valence-corrected chi connectivity index (χ2v) is 3.77. The molecule has 88 valence electrons. The molecule has 1 fully saturated rings. The normalized spacial score (nSPS) is 22.9. The molecule has 1 aliphatic rings. The number of Topliss-reactive ketones (excluding diaryl/α,β-unsaturated/α-hetero) is 1. The van der Waals surface area contributed by atoms with Crippen molar-refractivity contribution in [3.63, 3.8) is 0 Å². The summed E-state index contributed by atoms with van der Waals surface area (Å²) in [5, 5.41) is 0. The molecule has 0 aromatic carbocycles. The number of carbonyl (C=O) groups excluding carboxylic acids is 1. The van der Waals surface area contributed by atoms with Crippen molar-refractivity contribution in [1.29, 1.82) is 0 Å². The van der Waals surface area contributed by atoms with E-state index in [2.05, 4.69) is 11.8 Å². The van der Waals surface area contributed by atoms with Gasteiger partial charge in [-0.3, -0.25) is 9.69 Å². The Hall–Kier alpha value is -0.450. The van der Waals surface area contributed by atoms with Gasteiger partial charge in [0.15, 0.2) is 5.78 Å². The monoisotopic (exact) mass is 215 g/mol. The minimum Gasteiger partial charge on any atom is -0.374 e. The molecule has 0 aromatic rings. The van der Waals surface area contributed by atoms with Gasteiger partial charge in [0, 0.05) is 19.7 Å². The van der Waals surface area contributed by atoms with Gasteiger partial charge in [-0.25, -0.2) is 0 Å². The molecule has 1 saturated heterocycles. The van der Waals surface area contributed by atoms with Crippen LogP contribution in [0.2, 0.25) is 0 Å². The second kappa shape index (κ2) is 6.93. The summed E-state index contributed by atoms with van der Waals surface area (Å²) in [5.74, 6) is 0.0709. The van der Waals surface area contributed by atoms with E-state index in [4.69, 9.17) is 9.47 Å². The molecule has 1 unspecified atom stereocenters. The average Bonchev–Trinajstić information content (AvgIpc) is 2.29. The van der Waals surface area contributed by atoms with Crippen molar-refractivity contribution in [3.8, 4) is 0 Å². The standard InChI is InChI=1S/C11H21NO3/c1-3-6-14-9-10(13)11-8-12(4-2)5-7-15-11/h11H,3-9H2,1-2H3. The van der Waals surface area contributed by atoms with Gasteiger partial charge in [0.25, 0.3) is 0 Å². The fourth-order valence-electron chi connectivity index (χ4n) is 1.59. The summed E-state index contributed by atoms with van der Waals surface area (Å²) in [7, 11) is 0. The highest BCUT2D eigenvalue weighted by molar-refractivity contribution is 5.84. The lowest BCUT2D eigenvalue weighted by Crippen LogP contribution is -2.46. The maximum Gasteiger partial charge on any atom is 0.188 e. The number of likely N-dealkylation sites (N-methyl/N-ethyl adjacent to an activating group) is 1. The highest BCUT2D eigenvalue weighted by Gasteiger charge is 2.25. The molecule has 0 bridgehead atoms. The average molecular weight is 215 g/mol. The number of ketones is 1. The second-order valence-electron chi connectivity index (χ2n) is 3.77. The Morgan fingerprint density at radius 3 is 3.00 bits per heavy atom. The van der Waals surface area contributed by atoms with Gasteiger partial charge in [-0.2, -0.15) is 0 Å². The number of hydrogen-bond donors (Lipinski definition) is 0. The fourth-order valence-corrected chi connectivity index (χ4v) is 1.59. The lowest BCUT2D eigenvalue weighted by Gasteiger charge is -2.31. The molecule has 1 heterocycles. The van der Waals surface area contributed by atoms with Gasteiger partial charge in [0.05, 0.1) is 6.61 Å². The van der Waals surface area contributed by atoms with E-state index in [0.29, 0.717) is 19.8 Å². The Bertz CT molecular complexity index is 196. The van der Waals surface area contributed by atoms with Crippen LogP contribution < -0.4 is 0 Å². The Labute approximate surface area is 91.5 Å². The quantitative estimate of drug-likeness (QED) is 0.611. The van der Waals surface area contributed by atoms with E-state index in [1.54, 1.807) is 0 Å². The van der Waals surface area contributed by atoms with Gasteiger partial charge in [-0.15, -0.1) is 0 Å². The van der Waals surface area contributed by atoms with Crippen molar-refractivity contribution in [2.24, 2.45) is 0 Å². The molecule has 0 spiro atoms. The predicted octanol–water partition coefficient (Wildman–Crippen LogP) is 0.703. The first-order chi connectivity index (χ1) is 7.27. The lowest BCUT2D eigenvalue weighted by atomic mass is 10.2. The van der Waals surface area contributed by atoms with E-state index in [0.717, 1.165) is 19.5 Å². The minimum atomic E-state index is -0.282. The third-order valence-electron chi connectivity index (χ3n) is 2.55. The van der Waals surface area contributed by atoms with Crippen molar-refractivity contribution in [3.05, 3.63) is 0 Å². The van der Waals surface area contributed by atoms with Crippen LogP contribution >= 0.6 is 0 Å². The van der Waals surface area contributed by atoms with Gasteiger partial charge in [0.2, 0.25) is 0 Å². The summed E-state index contributed by atoms with van der Waals surface area (Å²) in [6.45, 7) is 8.23. The van der Waals surface area contributed by atoms with Gasteiger partial charge < -0.3 is 9.47 Å². The van der Waals surface area contributed by atoms with Gasteiger partial charge in [-0.05, 0) is 13.0 Å². The molecule has 0 aliphatic carbocycles. The van der Waals surface area contributed by atoms with Crippen molar-refractivity contribution >= 4 is 5.78 Å². The molecule has 0 amide bonds. The molecule has 0 N–H and O–H groups in total. The SMILES string of the molecule is CCCOCC(=O)C1CN(CC)CCO1. The van der Waals surface area contributed by atoms with Crippen molar-refractivity contribution in [1.82, 2.24) is 4.90 Å². The van der Waals surface area contributed by atoms with E-state index < -0.39 is 0 Å². The number of morpholine rings is 1. The Morgan fingerprint density at radius 2 is 2.33 bits per heavy atom. The number of rotatable bonds is 6. The van der Waals surface area contributed by atoms with E-state index in [9.17, 15) is 4.79 Å². The van der Waals surface area contributed by atoms with E-state index in [-0.39, 0.29) is 18.5 Å². The molecule has 15 heavy (non-hydrogen) atoms. The zero-order valence-electron chi connectivity index (χ0n) is 9.70. The number of hydrogen-bond acceptors (Lipinski definition) is 4. The van der Waals surface area contributed by atoms with E-state index >= 15 is 0 Å². The summed E-state index contributed by atoms with van der Waals surface area (Å²) in [5.41, 5.74) is 0. The van der Waals surface area contributed by atoms with Crippen molar-refractivity contribution in [2.45, 2.75) is 26.4 Å². The molecular formula is C11H21NO3. The third kappa shape index (κ3) is 4.28. The fraction of sp³-hybridized carbons (Fsp3) is 0.909. The van der Waals surface area contributed by atoms with E-state index in [1.165, 1.54) is 0 Å². The summed E-state index contributed by atoms with van der Waals surface area (Å²) < 4.78 is 10.6. The molecule has 0 saturated carbocycles. The van der Waals surface area contributed by atoms with Crippen LogP contribution in [0.5, 0.6) is 0 Å². The van der Waals surface area contributed by atoms with Gasteiger partial charge >= 0.3 is 0 Å². The molecule has 0 aromatic heterocycles. The minimum absolute atomic E-state index is 0.0709. The van der Waals surface area contributed by atoms with Gasteiger partial charge in [-0.1, -0.05) is 13.8 Å². The number of carbonyl (C=O) groups is 1. The molecular weight excluding hydrogens is 194 g/mol. The zero-order valence-corrected chi connectivity index (χ0v) is 9.70. The van der Waals surface area contributed by atoms with Crippen LogP contribution in [0.3, 0.4) is 0 Å². The van der Waals surface area contributed by atoms with Crippen molar-refractivity contribution in [2.75, 3.05) is 39.5 Å². The van der Waals surface area contributed by atoms with Crippen LogP contribution in [0, 0.1) is 0 Å². The van der Waals surface area contributed by atoms with E-state index in [1.807, 2.05) is 6.92 Å². The molecule has 4 nitrogen and oxygen atoms in total. The first-order valence-corrected chi connectivity index (χ1v) is 5.72. The summed E-state index contributed by atoms with van der Waals surface area (Å²) in [6.07, 6.45) is 0.662. The topological polar surface area (TPSA) is 38.8 Å². The van der Waals surface area contributed by atoms with Crippen LogP contribution in [0.1, 0.15) is 20.3 Å². The van der Waals surface area contributed by atoms with Crippen LogP contribution in [0.25, 0.3) is 0 Å². The number of nitrogens with zero attached hydrogens (tertiary/aromatic N) is 1. The maximum absolute atomic E-state index is 11.7. The number of ether oxygens (including phenoxy) is 2. The van der Waals surface area contributed by atoms with Crippen LogP contribution in [0.15, 0.2) is 0 Å². The molecule has 0 radical (unpaired) electrons. The molecule has 1 rings (SSSR count). The largest absolute Gasteiger partial charge is 0.374 e. The summed E-state index contributed by atoms with van der Waals surface area (Å²) in [4.78, 5) is 13.9. The molecule has 1 atom stereocenters. The Balaban J connectivity index is 2.25. The maximum atomic E-state index is 11.7. The molecule has 1 aliphatic heterocycles. The van der Waals surface area contributed by atoms with Crippen LogP contribution in [-0.4, -0.2) is 56.2 Å². The first kappa shape index (κ1) is 12.6. The highest BCUT2D eigenvalue weighted by Crippen LogP contribution is 2.06. The zero-order chi connectivity index (χ0) is 11.1. The first-order valence-electron chi connectivity index (χ1n) is 5.72. The summed E-state index contributed by atoms with van der Waals surface area (Å²) >= 11 is 0. The Morgan fingerprint density at radius 1 is 1.53 bits per heavy atom. The Kier molecular flexibility index (Phi) is 5.83. The van der Waals surface area contributed by atoms with Crippen LogP contribution in [0.4, 0.5) is 0 Å². The van der Waals surface area contributed by atoms with Crippen molar-refractivity contribution < 1.29 is 14.3 Å². The smallest absolute Gasteiger partial charge is 0.188 e. The lowest BCUT2D eigenvalue weighted by molar-refractivity contribution is -0.140. The van der Waals surface area contributed by atoms with Gasteiger partial charge in [0.1, 0.15) is 12.7 Å². The predicted molar refractivity (Wildman–Crippen MR) is 58.0 cm³/mol.